The van der Waals surface area contributed by atoms with E-state index in [1.54, 1.807) is 0 Å². The Kier molecular flexibility index (Phi) is 0. The van der Waals surface area contributed by atoms with Crippen LogP contribution >= 0.6 is 0 Å². The molecule has 0 saturated heterocycles. The van der Waals surface area contributed by atoms with Gasteiger partial charge >= 0.3 is 0 Å². The van der Waals surface area contributed by atoms with E-state index in [1.165, 1.54) is 0 Å². The summed E-state index contributed by atoms with van der Waals surface area (Å²) in [7, 11) is 0. The highest BCUT2D eigenvalue weighted by molar-refractivity contribution is 3.51. The molecule has 0 fully saturated rings. The molecule has 0 N–H and O–H groups in total. The summed E-state index contributed by atoms with van der Waals surface area (Å²) >= 11 is 0. The lowest BCUT2D eigenvalue weighted by Crippen LogP contribution is -0.856. The van der Waals surface area contributed by atoms with Crippen molar-refractivity contribution < 1.29 is 2.85 Å². The second-order valence-electron chi connectivity index (χ2n) is 0. The Morgan fingerprint density at radius 1 is 0.750 bits per heavy atom. The maximum absolute atomic E-state index is 2.00. The Hall–Kier alpha value is 0. The molecule has 0 aliphatic rings. The van der Waals surface area contributed by atoms with Gasteiger partial charge in [-0.25, -0.2) is 0 Å². The molecule has 32 valence electrons. The SMILES string of the molecule is CC.CC.[HH].[HH]. The van der Waals surface area contributed by atoms with Crippen LogP contribution in [0, 0.1) is 0 Å². The summed E-state index contributed by atoms with van der Waals surface area (Å²) < 4.78 is 0. The van der Waals surface area contributed by atoms with Gasteiger partial charge in [-0.3, -0.25) is 0 Å². The first kappa shape index (κ1) is 9.00. The van der Waals surface area contributed by atoms with Crippen LogP contribution in [0.2, 0.25) is 0 Å². The van der Waals surface area contributed by atoms with E-state index in [2.05, 4.69) is 0 Å². The van der Waals surface area contributed by atoms with Gasteiger partial charge in [0, 0.05) is 2.85 Å². The number of hydrogen-bond acceptors (Lipinski definition) is 0. The molecule has 0 aliphatic heterocycles. The predicted octanol–water partition coefficient (Wildman–Crippen LogP) is 2.54. The van der Waals surface area contributed by atoms with E-state index < -0.39 is 0 Å². The van der Waals surface area contributed by atoms with Crippen molar-refractivity contribution in [2.24, 2.45) is 0 Å². The summed E-state index contributed by atoms with van der Waals surface area (Å²) in [5.74, 6) is 0. The third kappa shape index (κ3) is 0. The van der Waals surface area contributed by atoms with E-state index in [4.69, 9.17) is 0 Å². The molecule has 0 nitrogen and oxygen atoms in total. The lowest BCUT2D eigenvalue weighted by molar-refractivity contribution is 1.50. The van der Waals surface area contributed by atoms with Crippen molar-refractivity contribution in [3.05, 3.63) is 0 Å². The second-order valence-corrected chi connectivity index (χ2v) is 0. The van der Waals surface area contributed by atoms with Gasteiger partial charge in [-0.1, -0.05) is 27.7 Å². The summed E-state index contributed by atoms with van der Waals surface area (Å²) in [6.45, 7) is 8.00. The molecule has 0 aliphatic carbocycles. The molecular formula is C4H16. The van der Waals surface area contributed by atoms with E-state index in [9.17, 15) is 0 Å². The van der Waals surface area contributed by atoms with E-state index in [1.807, 2.05) is 27.7 Å². The number of rotatable bonds is 0. The van der Waals surface area contributed by atoms with Crippen molar-refractivity contribution in [2.75, 3.05) is 0 Å². The maximum atomic E-state index is 2.00. The highest BCUT2D eigenvalue weighted by atomic mass is 13.0. The van der Waals surface area contributed by atoms with Gasteiger partial charge in [0.05, 0.1) is 0 Å². The first-order valence-corrected chi connectivity index (χ1v) is 2.00. The van der Waals surface area contributed by atoms with Gasteiger partial charge in [0.15, 0.2) is 0 Å². The quantitative estimate of drug-likeness (QED) is 0.406. The maximum Gasteiger partial charge on any atom is 0 e. The summed E-state index contributed by atoms with van der Waals surface area (Å²) in [5.41, 5.74) is 0. The average molecular weight is 64.2 g/mol. The molecule has 0 spiro atoms. The van der Waals surface area contributed by atoms with Crippen LogP contribution in [-0.4, -0.2) is 0 Å². The Balaban J connectivity index is -0.00000000500. The Bertz CT molecular complexity index is 5.51. The first-order valence-electron chi connectivity index (χ1n) is 2.00. The second kappa shape index (κ2) is 0. The summed E-state index contributed by atoms with van der Waals surface area (Å²) in [5, 5.41) is 0. The van der Waals surface area contributed by atoms with Crippen LogP contribution in [0.1, 0.15) is 30.5 Å². The largest absolute Gasteiger partial charge is 0.0683 e. The Morgan fingerprint density at radius 2 is 0.750 bits per heavy atom. The Labute approximate surface area is 31.8 Å². The number of hydrogen-bond donors (Lipinski definition) is 0. The predicted molar refractivity (Wildman–Crippen MR) is 26.9 cm³/mol. The Morgan fingerprint density at radius 3 is 0.750 bits per heavy atom. The zero-order chi connectivity index (χ0) is 4.00. The van der Waals surface area contributed by atoms with Crippen molar-refractivity contribution in [2.45, 2.75) is 27.7 Å². The molecule has 0 heteroatoms. The minimum absolute atomic E-state index is 0. The average Bonchev–Trinajstić information content (AvgIpc) is 1.50. The molecule has 0 amide bonds. The van der Waals surface area contributed by atoms with Crippen LogP contribution in [0.15, 0.2) is 0 Å². The summed E-state index contributed by atoms with van der Waals surface area (Å²) in [4.78, 5) is 0. The normalized spacial score (nSPS) is 3.00. The fourth-order valence-corrected chi connectivity index (χ4v) is 0. The van der Waals surface area contributed by atoms with Crippen LogP contribution in [-0.2, 0) is 0 Å². The zero-order valence-corrected chi connectivity index (χ0v) is 4.00. The molecule has 0 bridgehead atoms. The van der Waals surface area contributed by atoms with Crippen LogP contribution in [0.3, 0.4) is 0 Å². The third-order valence-electron chi connectivity index (χ3n) is 0. The van der Waals surface area contributed by atoms with Gasteiger partial charge < -0.3 is 0 Å². The van der Waals surface area contributed by atoms with Gasteiger partial charge in [0.2, 0.25) is 0 Å². The van der Waals surface area contributed by atoms with Crippen LogP contribution in [0.25, 0.3) is 0 Å². The molecule has 0 aromatic carbocycles. The molecule has 0 rings (SSSR count). The standard InChI is InChI=1S/2C2H6.2H2/c2*1-2;;/h2*1-2H3;2*1H. The summed E-state index contributed by atoms with van der Waals surface area (Å²) in [6, 6.07) is 0. The molecule has 0 unspecified atom stereocenters. The molecule has 0 heterocycles. The minimum atomic E-state index is 0. The van der Waals surface area contributed by atoms with E-state index in [0.717, 1.165) is 0 Å². The summed E-state index contributed by atoms with van der Waals surface area (Å²) in [6.07, 6.45) is 0. The van der Waals surface area contributed by atoms with Crippen molar-refractivity contribution in [3.63, 3.8) is 0 Å². The van der Waals surface area contributed by atoms with Gasteiger partial charge in [-0.05, 0) is 0 Å². The molecule has 0 aromatic rings. The van der Waals surface area contributed by atoms with E-state index in [-0.39, 0.29) is 2.85 Å². The van der Waals surface area contributed by atoms with Crippen LogP contribution in [0.5, 0.6) is 0 Å². The highest BCUT2D eigenvalue weighted by Crippen LogP contribution is 1.15. The van der Waals surface area contributed by atoms with Crippen molar-refractivity contribution in [3.8, 4) is 0 Å². The van der Waals surface area contributed by atoms with Gasteiger partial charge in [0.25, 0.3) is 0 Å². The lowest BCUT2D eigenvalue weighted by atomic mass is 11.0. The molecule has 0 saturated carbocycles. The monoisotopic (exact) mass is 64.1 g/mol. The van der Waals surface area contributed by atoms with Gasteiger partial charge in [0.1, 0.15) is 0 Å². The van der Waals surface area contributed by atoms with E-state index >= 15 is 0 Å². The van der Waals surface area contributed by atoms with E-state index in [0.29, 0.717) is 0 Å². The molecular weight excluding hydrogens is 48.0 g/mol. The molecule has 0 radical (unpaired) electrons. The van der Waals surface area contributed by atoms with Gasteiger partial charge in [-0.15, -0.1) is 0 Å². The molecule has 0 aromatic heterocycles. The molecule has 0 atom stereocenters. The minimum Gasteiger partial charge on any atom is -0.0683 e. The van der Waals surface area contributed by atoms with Crippen molar-refractivity contribution in [1.29, 1.82) is 0 Å². The fourth-order valence-electron chi connectivity index (χ4n) is 0. The highest BCUT2D eigenvalue weighted by Gasteiger charge is 0.934. The van der Waals surface area contributed by atoms with Crippen LogP contribution < -0.4 is 0 Å². The van der Waals surface area contributed by atoms with Crippen molar-refractivity contribution in [1.82, 2.24) is 0 Å². The molecule has 4 heavy (non-hydrogen) atoms. The first-order chi connectivity index (χ1) is 2.00. The smallest absolute Gasteiger partial charge is 0 e. The van der Waals surface area contributed by atoms with Gasteiger partial charge in [-0.2, -0.15) is 0 Å². The topological polar surface area (TPSA) is 0 Å². The lowest BCUT2D eigenvalue weighted by Gasteiger charge is -1.07. The zero-order valence-electron chi connectivity index (χ0n) is 4.00. The van der Waals surface area contributed by atoms with Crippen molar-refractivity contribution >= 4 is 0 Å². The third-order valence-corrected chi connectivity index (χ3v) is 0. The fraction of sp³-hybridized carbons (Fsp3) is 1.00. The van der Waals surface area contributed by atoms with Crippen LogP contribution in [0.4, 0.5) is 0 Å².